The molecule has 0 aliphatic carbocycles. The van der Waals surface area contributed by atoms with E-state index in [9.17, 15) is 0 Å². The smallest absolute Gasteiger partial charge is 0.0639 e. The summed E-state index contributed by atoms with van der Waals surface area (Å²) < 4.78 is 0. The maximum absolute atomic E-state index is 5.18. The summed E-state index contributed by atoms with van der Waals surface area (Å²) in [5.41, 5.74) is 13.2. The maximum atomic E-state index is 5.18. The van der Waals surface area contributed by atoms with Gasteiger partial charge in [0.25, 0.3) is 0 Å². The van der Waals surface area contributed by atoms with Gasteiger partial charge in [-0.15, -0.1) is 0 Å². The number of unbranched alkanes of at least 4 members (excludes halogenated alkanes) is 8. The third kappa shape index (κ3) is 12.0. The molecule has 0 aromatic heterocycles. The lowest BCUT2D eigenvalue weighted by Gasteiger charge is -2.17. The number of benzene rings is 3. The first kappa shape index (κ1) is 36.5. The van der Waals surface area contributed by atoms with Crippen LogP contribution in [0.4, 0.5) is 11.4 Å². The molecule has 0 fully saturated rings. The Hall–Kier alpha value is -3.00. The van der Waals surface area contributed by atoms with Crippen LogP contribution in [0.2, 0.25) is 0 Å². The van der Waals surface area contributed by atoms with Crippen LogP contribution in [-0.2, 0) is 25.7 Å². The molecule has 2 heteroatoms. The molecule has 0 N–H and O–H groups in total. The van der Waals surface area contributed by atoms with Crippen LogP contribution >= 0.6 is 0 Å². The van der Waals surface area contributed by atoms with Gasteiger partial charge in [-0.2, -0.15) is 0 Å². The fourth-order valence-electron chi connectivity index (χ4n) is 6.38. The Kier molecular flexibility index (Phi) is 17.0. The second-order valence-electron chi connectivity index (χ2n) is 12.9. The van der Waals surface area contributed by atoms with Gasteiger partial charge in [0.2, 0.25) is 0 Å². The number of hydrogen-bond donors (Lipinski definition) is 0. The van der Waals surface area contributed by atoms with Crippen molar-refractivity contribution in [3.05, 3.63) is 82.4 Å². The average molecular weight is 607 g/mol. The topological polar surface area (TPSA) is 24.7 Å². The van der Waals surface area contributed by atoms with Crippen LogP contribution in [-0.4, -0.2) is 11.9 Å². The molecule has 3 aromatic carbocycles. The molecule has 0 amide bonds. The second-order valence-corrected chi connectivity index (χ2v) is 12.9. The van der Waals surface area contributed by atoms with Crippen LogP contribution in [0.1, 0.15) is 146 Å². The quantitative estimate of drug-likeness (QED) is 0.0851. The molecule has 0 saturated carbocycles. The lowest BCUT2D eigenvalue weighted by molar-refractivity contribution is 0.606. The zero-order chi connectivity index (χ0) is 32.3. The molecular formula is C43H62N2. The van der Waals surface area contributed by atoms with E-state index in [1.807, 2.05) is 6.21 Å². The van der Waals surface area contributed by atoms with Crippen LogP contribution < -0.4 is 0 Å². The lowest BCUT2D eigenvalue weighted by Crippen LogP contribution is -2.01. The van der Waals surface area contributed by atoms with Crippen molar-refractivity contribution in [2.24, 2.45) is 9.98 Å². The Bertz CT molecular complexity index is 1330. The normalized spacial score (nSPS) is 12.0. The highest BCUT2D eigenvalue weighted by atomic mass is 14.8. The molecule has 0 spiro atoms. The van der Waals surface area contributed by atoms with E-state index in [-0.39, 0.29) is 0 Å². The molecule has 244 valence electrons. The predicted octanol–water partition coefficient (Wildman–Crippen LogP) is 13.5. The summed E-state index contributed by atoms with van der Waals surface area (Å²) in [6, 6.07) is 20.2. The first-order valence-electron chi connectivity index (χ1n) is 18.5. The first-order valence-corrected chi connectivity index (χ1v) is 18.5. The maximum Gasteiger partial charge on any atom is 0.0639 e. The summed E-state index contributed by atoms with van der Waals surface area (Å²) in [7, 11) is 0. The summed E-state index contributed by atoms with van der Waals surface area (Å²) in [5, 5.41) is 0. The van der Waals surface area contributed by atoms with E-state index >= 15 is 0 Å². The minimum absolute atomic E-state index is 0.857. The summed E-state index contributed by atoms with van der Waals surface area (Å²) >= 11 is 0. The van der Waals surface area contributed by atoms with E-state index < -0.39 is 0 Å². The van der Waals surface area contributed by atoms with Crippen LogP contribution in [0.15, 0.2) is 64.6 Å². The van der Waals surface area contributed by atoms with E-state index in [0.717, 1.165) is 42.8 Å². The highest BCUT2D eigenvalue weighted by Crippen LogP contribution is 2.34. The number of nitrogens with zero attached hydrogens (tertiary/aromatic N) is 2. The minimum Gasteiger partial charge on any atom is -0.255 e. The molecule has 0 saturated heterocycles. The largest absolute Gasteiger partial charge is 0.255 e. The van der Waals surface area contributed by atoms with Crippen molar-refractivity contribution in [3.63, 3.8) is 0 Å². The van der Waals surface area contributed by atoms with Gasteiger partial charge in [0.15, 0.2) is 0 Å². The van der Waals surface area contributed by atoms with E-state index in [2.05, 4.69) is 96.1 Å². The Morgan fingerprint density at radius 3 is 1.84 bits per heavy atom. The van der Waals surface area contributed by atoms with Gasteiger partial charge in [-0.25, -0.2) is 0 Å². The van der Waals surface area contributed by atoms with Crippen molar-refractivity contribution >= 4 is 23.3 Å². The van der Waals surface area contributed by atoms with E-state index in [0.29, 0.717) is 0 Å². The highest BCUT2D eigenvalue weighted by Gasteiger charge is 2.13. The second kappa shape index (κ2) is 20.9. The van der Waals surface area contributed by atoms with Gasteiger partial charge in [-0.05, 0) is 128 Å². The van der Waals surface area contributed by atoms with Gasteiger partial charge in [-0.1, -0.05) is 116 Å². The molecule has 0 bridgehead atoms. The molecule has 0 aliphatic rings. The average Bonchev–Trinajstić information content (AvgIpc) is 3.06. The van der Waals surface area contributed by atoms with Gasteiger partial charge in [0, 0.05) is 6.21 Å². The Labute approximate surface area is 276 Å². The predicted molar refractivity (Wildman–Crippen MR) is 202 cm³/mol. The van der Waals surface area contributed by atoms with E-state index in [4.69, 9.17) is 9.98 Å². The Morgan fingerprint density at radius 2 is 1.16 bits per heavy atom. The third-order valence-electron chi connectivity index (χ3n) is 9.12. The van der Waals surface area contributed by atoms with Crippen LogP contribution in [0.3, 0.4) is 0 Å². The van der Waals surface area contributed by atoms with Crippen molar-refractivity contribution in [1.82, 2.24) is 0 Å². The molecule has 0 heterocycles. The van der Waals surface area contributed by atoms with Gasteiger partial charge in [0.1, 0.15) is 0 Å². The fourth-order valence-corrected chi connectivity index (χ4v) is 6.38. The van der Waals surface area contributed by atoms with Gasteiger partial charge < -0.3 is 0 Å². The van der Waals surface area contributed by atoms with Crippen molar-refractivity contribution in [2.45, 2.75) is 151 Å². The summed E-state index contributed by atoms with van der Waals surface area (Å²) in [5.74, 6) is 0. The molecule has 3 aromatic rings. The Morgan fingerprint density at radius 1 is 0.578 bits per heavy atom. The molecule has 0 radical (unpaired) electrons. The van der Waals surface area contributed by atoms with Crippen molar-refractivity contribution in [2.75, 3.05) is 0 Å². The standard InChI is InChI=1S/C43H62N2/c1-7-12-16-17-18-20-26-36-31-40(29-34(6)41(36)27-14-9-3)45-38(11-5)33-44-39-30-37(23-13-8-2)42(28-15-10-4)43(32-39)35-24-21-19-22-25-35/h19,21-22,24-25,29-33H,7-18,20,23,26-28H2,1-6H3. The van der Waals surface area contributed by atoms with Crippen LogP contribution in [0.5, 0.6) is 0 Å². The van der Waals surface area contributed by atoms with Gasteiger partial charge in [-0.3, -0.25) is 9.98 Å². The van der Waals surface area contributed by atoms with Crippen LogP contribution in [0, 0.1) is 6.92 Å². The fraction of sp³-hybridized carbons (Fsp3) is 0.535. The van der Waals surface area contributed by atoms with E-state index in [1.54, 1.807) is 5.56 Å². The summed E-state index contributed by atoms with van der Waals surface area (Å²) in [6.45, 7) is 13.6. The Balaban J connectivity index is 1.94. The zero-order valence-electron chi connectivity index (χ0n) is 29.7. The molecule has 2 nitrogen and oxygen atoms in total. The van der Waals surface area contributed by atoms with Gasteiger partial charge in [0.05, 0.1) is 17.1 Å². The molecule has 45 heavy (non-hydrogen) atoms. The van der Waals surface area contributed by atoms with Crippen molar-refractivity contribution in [1.29, 1.82) is 0 Å². The molecular weight excluding hydrogens is 544 g/mol. The van der Waals surface area contributed by atoms with Gasteiger partial charge >= 0.3 is 0 Å². The van der Waals surface area contributed by atoms with E-state index in [1.165, 1.54) is 117 Å². The molecule has 3 rings (SSSR count). The number of aliphatic imine (C=N–C) groups is 2. The first-order chi connectivity index (χ1) is 22.0. The molecule has 0 aliphatic heterocycles. The number of hydrogen-bond acceptors (Lipinski definition) is 2. The monoisotopic (exact) mass is 606 g/mol. The van der Waals surface area contributed by atoms with Crippen molar-refractivity contribution < 1.29 is 0 Å². The van der Waals surface area contributed by atoms with Crippen molar-refractivity contribution in [3.8, 4) is 11.1 Å². The molecule has 0 unspecified atom stereocenters. The number of rotatable bonds is 21. The summed E-state index contributed by atoms with van der Waals surface area (Å²) in [4.78, 5) is 10.3. The lowest BCUT2D eigenvalue weighted by atomic mass is 9.89. The minimum atomic E-state index is 0.857. The van der Waals surface area contributed by atoms with Crippen LogP contribution in [0.25, 0.3) is 11.1 Å². The number of aryl methyl sites for hydroxylation is 3. The highest BCUT2D eigenvalue weighted by molar-refractivity contribution is 6.31. The SMILES string of the molecule is CCCCCCCCc1cc(N=C(C=Nc2cc(CCCC)c(CCCC)c(-c3ccccc3)c2)CC)cc(C)c1CCCC. The molecule has 0 atom stereocenters. The third-order valence-corrected chi connectivity index (χ3v) is 9.12. The summed E-state index contributed by atoms with van der Waals surface area (Å²) in [6.07, 6.45) is 22.8. The zero-order valence-corrected chi connectivity index (χ0v) is 29.7.